The molecule has 2 aromatic carbocycles. The number of carbonyl (C=O) groups is 1. The van der Waals surface area contributed by atoms with Gasteiger partial charge in [-0.25, -0.2) is 0 Å². The van der Waals surface area contributed by atoms with Gasteiger partial charge in [0.15, 0.2) is 6.29 Å². The normalized spacial score (nSPS) is 10.4. The van der Waals surface area contributed by atoms with Crippen LogP contribution in [-0.4, -0.2) is 11.4 Å². The predicted molar refractivity (Wildman–Crippen MR) is 84.4 cm³/mol. The number of hydrogen-bond donors (Lipinski definition) is 1. The number of nitriles is 1. The number of benzene rings is 2. The fourth-order valence-corrected chi connectivity index (χ4v) is 2.42. The van der Waals surface area contributed by atoms with Crippen molar-refractivity contribution in [3.63, 3.8) is 0 Å². The second-order valence-corrected chi connectivity index (χ2v) is 5.15. The van der Waals surface area contributed by atoms with Crippen molar-refractivity contribution >= 4 is 17.3 Å². The van der Waals surface area contributed by atoms with Gasteiger partial charge < -0.3 is 9.52 Å². The molecule has 0 unspecified atom stereocenters. The van der Waals surface area contributed by atoms with E-state index in [0.717, 1.165) is 0 Å². The Bertz CT molecular complexity index is 1040. The Kier molecular flexibility index (Phi) is 3.43. The highest BCUT2D eigenvalue weighted by Crippen LogP contribution is 2.25. The van der Waals surface area contributed by atoms with Gasteiger partial charge in [0.2, 0.25) is 5.43 Å². The average Bonchev–Trinajstić information content (AvgIpc) is 2.56. The number of nitrogens with zero attached hydrogens (tertiary/aromatic N) is 1. The van der Waals surface area contributed by atoms with Crippen molar-refractivity contribution in [2.24, 2.45) is 0 Å². The number of rotatable bonds is 2. The van der Waals surface area contributed by atoms with Crippen molar-refractivity contribution in [3.8, 4) is 22.9 Å². The van der Waals surface area contributed by atoms with Gasteiger partial charge in [-0.15, -0.1) is 0 Å². The molecule has 23 heavy (non-hydrogen) atoms. The highest BCUT2D eigenvalue weighted by atomic mass is 16.3. The lowest BCUT2D eigenvalue weighted by Crippen LogP contribution is -2.05. The van der Waals surface area contributed by atoms with Gasteiger partial charge >= 0.3 is 0 Å². The topological polar surface area (TPSA) is 91.3 Å². The van der Waals surface area contributed by atoms with E-state index in [0.29, 0.717) is 33.9 Å². The molecule has 0 saturated heterocycles. The first-order valence-corrected chi connectivity index (χ1v) is 6.80. The summed E-state index contributed by atoms with van der Waals surface area (Å²) in [5.74, 6) is -0.150. The van der Waals surface area contributed by atoms with E-state index in [1.54, 1.807) is 13.0 Å². The van der Waals surface area contributed by atoms with Crippen LogP contribution >= 0.6 is 0 Å². The van der Waals surface area contributed by atoms with E-state index < -0.39 is 0 Å². The van der Waals surface area contributed by atoms with E-state index in [9.17, 15) is 14.7 Å². The lowest BCUT2D eigenvalue weighted by molar-refractivity contribution is 0.112. The smallest absolute Gasteiger partial charge is 0.200 e. The summed E-state index contributed by atoms with van der Waals surface area (Å²) in [7, 11) is 0. The molecule has 0 amide bonds. The third-order valence-corrected chi connectivity index (χ3v) is 3.71. The van der Waals surface area contributed by atoms with Gasteiger partial charge in [0.1, 0.15) is 17.6 Å². The summed E-state index contributed by atoms with van der Waals surface area (Å²) >= 11 is 0. The van der Waals surface area contributed by atoms with Crippen molar-refractivity contribution in [2.75, 3.05) is 0 Å². The summed E-state index contributed by atoms with van der Waals surface area (Å²) in [5, 5.41) is 19.0. The van der Waals surface area contributed by atoms with Crippen LogP contribution in [0.3, 0.4) is 0 Å². The van der Waals surface area contributed by atoms with Crippen LogP contribution in [0.2, 0.25) is 0 Å². The van der Waals surface area contributed by atoms with Crippen molar-refractivity contribution in [1.29, 1.82) is 5.26 Å². The Labute approximate surface area is 131 Å². The molecule has 0 aliphatic carbocycles. The van der Waals surface area contributed by atoms with Gasteiger partial charge in [0.25, 0.3) is 0 Å². The van der Waals surface area contributed by atoms with Crippen LogP contribution < -0.4 is 5.43 Å². The summed E-state index contributed by atoms with van der Waals surface area (Å²) in [4.78, 5) is 23.6. The molecular formula is C18H11NO4. The molecule has 1 N–H and O–H groups in total. The summed E-state index contributed by atoms with van der Waals surface area (Å²) in [6, 6.07) is 9.51. The van der Waals surface area contributed by atoms with E-state index in [1.807, 2.05) is 6.07 Å². The molecule has 0 fully saturated rings. The first-order chi connectivity index (χ1) is 11.0. The standard InChI is InChI=1S/C18H11NO4/c1-10-4-14-17(6-12(10)7-19)23-9-15(18(14)22)11-2-3-16(21)13(5-11)8-20/h2-6,8-9,21H,1H3. The van der Waals surface area contributed by atoms with Crippen molar-refractivity contribution < 1.29 is 14.3 Å². The molecule has 5 heteroatoms. The first kappa shape index (κ1) is 14.5. The molecule has 3 rings (SSSR count). The third-order valence-electron chi connectivity index (χ3n) is 3.71. The third kappa shape index (κ3) is 2.36. The van der Waals surface area contributed by atoms with Crippen molar-refractivity contribution in [3.05, 3.63) is 63.5 Å². The molecule has 5 nitrogen and oxygen atoms in total. The average molecular weight is 305 g/mol. The maximum absolute atomic E-state index is 12.7. The number of aromatic hydroxyl groups is 1. The fourth-order valence-electron chi connectivity index (χ4n) is 2.42. The van der Waals surface area contributed by atoms with E-state index in [1.165, 1.54) is 30.5 Å². The van der Waals surface area contributed by atoms with E-state index in [2.05, 4.69) is 0 Å². The Morgan fingerprint density at radius 1 is 1.26 bits per heavy atom. The van der Waals surface area contributed by atoms with Gasteiger partial charge in [-0.1, -0.05) is 6.07 Å². The highest BCUT2D eigenvalue weighted by Gasteiger charge is 2.12. The van der Waals surface area contributed by atoms with E-state index >= 15 is 0 Å². The Balaban J connectivity index is 2.28. The zero-order valence-electron chi connectivity index (χ0n) is 12.2. The van der Waals surface area contributed by atoms with Crippen LogP contribution in [0.15, 0.2) is 45.8 Å². The van der Waals surface area contributed by atoms with Crippen LogP contribution in [0.4, 0.5) is 0 Å². The van der Waals surface area contributed by atoms with Crippen LogP contribution in [0.1, 0.15) is 21.5 Å². The van der Waals surface area contributed by atoms with E-state index in [-0.39, 0.29) is 22.3 Å². The summed E-state index contributed by atoms with van der Waals surface area (Å²) in [6.45, 7) is 1.75. The first-order valence-electron chi connectivity index (χ1n) is 6.80. The Morgan fingerprint density at radius 3 is 2.74 bits per heavy atom. The maximum Gasteiger partial charge on any atom is 0.200 e. The zero-order valence-corrected chi connectivity index (χ0v) is 12.2. The van der Waals surface area contributed by atoms with Gasteiger partial charge in [-0.3, -0.25) is 9.59 Å². The van der Waals surface area contributed by atoms with E-state index in [4.69, 9.17) is 9.68 Å². The summed E-state index contributed by atoms with van der Waals surface area (Å²) in [6.07, 6.45) is 1.81. The quantitative estimate of drug-likeness (QED) is 0.734. The van der Waals surface area contributed by atoms with Gasteiger partial charge in [0, 0.05) is 0 Å². The Hall–Kier alpha value is -3.39. The number of aldehydes is 1. The summed E-state index contributed by atoms with van der Waals surface area (Å²) in [5.41, 5.74) is 2.05. The van der Waals surface area contributed by atoms with Crippen molar-refractivity contribution in [1.82, 2.24) is 0 Å². The second-order valence-electron chi connectivity index (χ2n) is 5.15. The number of hydrogen-bond acceptors (Lipinski definition) is 5. The molecule has 112 valence electrons. The highest BCUT2D eigenvalue weighted by molar-refractivity contribution is 5.86. The molecule has 0 bridgehead atoms. The molecular weight excluding hydrogens is 294 g/mol. The lowest BCUT2D eigenvalue weighted by Gasteiger charge is -2.06. The van der Waals surface area contributed by atoms with Gasteiger partial charge in [0.05, 0.1) is 28.1 Å². The van der Waals surface area contributed by atoms with Crippen LogP contribution in [0, 0.1) is 18.3 Å². The molecule has 0 saturated carbocycles. The monoisotopic (exact) mass is 305 g/mol. The molecule has 3 aromatic rings. The zero-order chi connectivity index (χ0) is 16.6. The molecule has 0 aliphatic rings. The predicted octanol–water partition coefficient (Wildman–Crippen LogP) is 3.16. The minimum Gasteiger partial charge on any atom is -0.507 e. The number of carbonyl (C=O) groups excluding carboxylic acids is 1. The number of phenolic OH excluding ortho intramolecular Hbond substituents is 1. The Morgan fingerprint density at radius 2 is 2.04 bits per heavy atom. The van der Waals surface area contributed by atoms with Crippen LogP contribution in [0.5, 0.6) is 5.75 Å². The molecule has 0 spiro atoms. The molecule has 0 radical (unpaired) electrons. The van der Waals surface area contributed by atoms with Gasteiger partial charge in [-0.05, 0) is 42.3 Å². The van der Waals surface area contributed by atoms with Crippen LogP contribution in [-0.2, 0) is 0 Å². The maximum atomic E-state index is 12.7. The SMILES string of the molecule is Cc1cc2c(=O)c(-c3ccc(O)c(C=O)c3)coc2cc1C#N. The van der Waals surface area contributed by atoms with Crippen molar-refractivity contribution in [2.45, 2.75) is 6.92 Å². The van der Waals surface area contributed by atoms with Crippen LogP contribution in [0.25, 0.3) is 22.1 Å². The largest absolute Gasteiger partial charge is 0.507 e. The minimum atomic E-state index is -0.263. The molecule has 0 atom stereocenters. The van der Waals surface area contributed by atoms with Gasteiger partial charge in [-0.2, -0.15) is 5.26 Å². The lowest BCUT2D eigenvalue weighted by atomic mass is 10.0. The fraction of sp³-hybridized carbons (Fsp3) is 0.0556. The number of phenols is 1. The second kappa shape index (κ2) is 5.43. The number of fused-ring (bicyclic) bond motifs is 1. The molecule has 1 aromatic heterocycles. The molecule has 1 heterocycles. The molecule has 0 aliphatic heterocycles. The minimum absolute atomic E-state index is 0.0954. The number of aryl methyl sites for hydroxylation is 1. The summed E-state index contributed by atoms with van der Waals surface area (Å²) < 4.78 is 5.48.